The lowest BCUT2D eigenvalue weighted by molar-refractivity contribution is -0.117. The average Bonchev–Trinajstić information content (AvgIpc) is 3.70. The molecule has 0 aliphatic rings. The van der Waals surface area contributed by atoms with E-state index in [1.54, 1.807) is 74.0 Å². The molecule has 2 amide bonds. The first-order chi connectivity index (χ1) is 22.1. The molecule has 236 valence electrons. The number of rotatable bonds is 10. The summed E-state index contributed by atoms with van der Waals surface area (Å²) in [5.74, 6) is -0.476. The van der Waals surface area contributed by atoms with E-state index in [2.05, 4.69) is 46.2 Å². The second-order valence-electron chi connectivity index (χ2n) is 9.84. The van der Waals surface area contributed by atoms with Crippen molar-refractivity contribution >= 4 is 46.5 Å². The van der Waals surface area contributed by atoms with E-state index in [0.29, 0.717) is 43.9 Å². The number of halogens is 1. The molecule has 15 nitrogen and oxygen atoms in total. The predicted molar refractivity (Wildman–Crippen MR) is 170 cm³/mol. The Balaban J connectivity index is 1.46. The van der Waals surface area contributed by atoms with Crippen molar-refractivity contribution in [2.24, 2.45) is 7.05 Å². The van der Waals surface area contributed by atoms with Gasteiger partial charge in [-0.1, -0.05) is 23.7 Å². The highest BCUT2D eigenvalue weighted by atomic mass is 35.5. The Bertz CT molecular complexity index is 1940. The third kappa shape index (κ3) is 7.66. The Labute approximate surface area is 269 Å². The van der Waals surface area contributed by atoms with Crippen molar-refractivity contribution < 1.29 is 18.9 Å². The van der Waals surface area contributed by atoms with E-state index in [1.165, 1.54) is 28.9 Å². The fraction of sp³-hybridized carbons (Fsp3) is 0.172. The summed E-state index contributed by atoms with van der Waals surface area (Å²) in [6, 6.07) is 14.1. The zero-order valence-electron chi connectivity index (χ0n) is 24.7. The Kier molecular flexibility index (Phi) is 9.90. The van der Waals surface area contributed by atoms with Gasteiger partial charge in [0.25, 0.3) is 5.56 Å². The molecule has 0 bridgehead atoms. The van der Waals surface area contributed by atoms with Crippen molar-refractivity contribution in [1.29, 1.82) is 0 Å². The van der Waals surface area contributed by atoms with Gasteiger partial charge < -0.3 is 14.6 Å². The van der Waals surface area contributed by atoms with Crippen LogP contribution in [0.25, 0.3) is 22.9 Å². The number of methoxy groups -OCH3 is 1. The first-order valence-electron chi connectivity index (χ1n) is 13.5. The topological polar surface area (TPSA) is 198 Å². The molecular formula is C29H27ClN10O5S. The molecule has 5 rings (SSSR count). The number of aromatic nitrogens is 8. The van der Waals surface area contributed by atoms with E-state index in [-0.39, 0.29) is 12.0 Å². The van der Waals surface area contributed by atoms with Gasteiger partial charge in [-0.25, -0.2) is 14.6 Å². The Morgan fingerprint density at radius 3 is 2.63 bits per heavy atom. The summed E-state index contributed by atoms with van der Waals surface area (Å²) in [6.07, 6.45) is 5.41. The van der Waals surface area contributed by atoms with E-state index in [1.807, 2.05) is 0 Å². The minimum absolute atomic E-state index is 0.165. The minimum atomic E-state index is -1.29. The van der Waals surface area contributed by atoms with Gasteiger partial charge in [0.1, 0.15) is 12.6 Å². The van der Waals surface area contributed by atoms with Crippen LogP contribution in [0.1, 0.15) is 23.0 Å². The van der Waals surface area contributed by atoms with Crippen molar-refractivity contribution in [3.8, 4) is 16.8 Å². The first kappa shape index (κ1) is 32.1. The summed E-state index contributed by atoms with van der Waals surface area (Å²) in [7, 11) is 2.93. The summed E-state index contributed by atoms with van der Waals surface area (Å²) in [5.41, 5.74) is 2.92. The van der Waals surface area contributed by atoms with Gasteiger partial charge in [-0.05, 0) is 58.5 Å². The number of tetrazole rings is 1. The van der Waals surface area contributed by atoms with Crippen LogP contribution >= 0.6 is 11.6 Å². The van der Waals surface area contributed by atoms with Gasteiger partial charge in [-0.2, -0.15) is 14.9 Å². The number of H-pyrrole nitrogens is 1. The van der Waals surface area contributed by atoms with Crippen LogP contribution in [0, 0.1) is 0 Å². The first-order valence-corrected chi connectivity index (χ1v) is 15.5. The zero-order valence-corrected chi connectivity index (χ0v) is 26.2. The number of aryl methyl sites for hydroxylation is 1. The number of carbonyl (C=O) groups excluding carboxylic acids is 2. The maximum Gasteiger partial charge on any atom is 0.411 e. The lowest BCUT2D eigenvalue weighted by atomic mass is 10.0. The second-order valence-corrected chi connectivity index (χ2v) is 11.6. The largest absolute Gasteiger partial charge is 0.610 e. The Morgan fingerprint density at radius 2 is 1.96 bits per heavy atom. The number of amides is 2. The highest BCUT2D eigenvalue weighted by Gasteiger charge is 2.22. The van der Waals surface area contributed by atoms with Crippen molar-refractivity contribution in [1.82, 2.24) is 45.5 Å². The summed E-state index contributed by atoms with van der Waals surface area (Å²) < 4.78 is 19.7. The molecule has 3 aromatic heterocycles. The molecular weight excluding hydrogens is 636 g/mol. The summed E-state index contributed by atoms with van der Waals surface area (Å²) in [4.78, 5) is 37.7. The molecule has 46 heavy (non-hydrogen) atoms. The molecule has 0 radical (unpaired) electrons. The van der Waals surface area contributed by atoms with Gasteiger partial charge in [0.05, 0.1) is 35.8 Å². The van der Waals surface area contributed by atoms with Crippen LogP contribution in [0.15, 0.2) is 76.8 Å². The van der Waals surface area contributed by atoms with Crippen LogP contribution in [0.2, 0.25) is 5.02 Å². The van der Waals surface area contributed by atoms with E-state index in [9.17, 15) is 18.9 Å². The van der Waals surface area contributed by atoms with Crippen molar-refractivity contribution in [3.05, 3.63) is 99.3 Å². The summed E-state index contributed by atoms with van der Waals surface area (Å²) in [5, 5.41) is 28.9. The summed E-state index contributed by atoms with van der Waals surface area (Å²) >= 11 is 4.92. The number of benzene rings is 2. The fourth-order valence-corrected chi connectivity index (χ4v) is 5.45. The molecule has 3 N–H and O–H groups in total. The molecule has 17 heteroatoms. The van der Waals surface area contributed by atoms with Crippen LogP contribution in [0.3, 0.4) is 0 Å². The number of ether oxygens (including phenoxy) is 1. The van der Waals surface area contributed by atoms with E-state index in [4.69, 9.17) is 11.6 Å². The average molecular weight is 663 g/mol. The lowest BCUT2D eigenvalue weighted by Gasteiger charge is -2.17. The standard InChI is InChI=1S/C29H27ClN10O5S/c1-39-27(46(3)44)14-21(36-39)13-23(33-26(41)11-6-18-12-19(30)7-10-25(18)40-16-31-37-38-40)24-15-22(28(42)35-34-24)17-4-8-20(9-5-17)32-29(43)45-2/h4-12,14-16,23H,13H2,1-3H3,(H,32,43)(H,33,41)(H,35,42)/b11-6+. The Hall–Kier alpha value is -5.32. The molecule has 0 aliphatic heterocycles. The molecule has 0 saturated heterocycles. The highest BCUT2D eigenvalue weighted by molar-refractivity contribution is 7.90. The maximum absolute atomic E-state index is 13.3. The van der Waals surface area contributed by atoms with Crippen LogP contribution < -0.4 is 16.2 Å². The molecule has 2 unspecified atom stereocenters. The lowest BCUT2D eigenvalue weighted by Crippen LogP contribution is -2.30. The van der Waals surface area contributed by atoms with Gasteiger partial charge in [0, 0.05) is 53.1 Å². The zero-order chi connectivity index (χ0) is 32.8. The van der Waals surface area contributed by atoms with Crippen LogP contribution in [-0.2, 0) is 34.2 Å². The normalized spacial score (nSPS) is 12.5. The van der Waals surface area contributed by atoms with Gasteiger partial charge in [0.15, 0.2) is 0 Å². The number of aromatic amines is 1. The van der Waals surface area contributed by atoms with Gasteiger partial charge >= 0.3 is 6.09 Å². The molecule has 2 aromatic carbocycles. The number of anilines is 1. The fourth-order valence-electron chi connectivity index (χ4n) is 4.55. The van der Waals surface area contributed by atoms with Crippen LogP contribution in [-0.4, -0.2) is 70.1 Å². The SMILES string of the molecule is COC(=O)Nc1ccc(-c2cc(C(Cc3cc([S+](C)[O-])n(C)n3)NC(=O)/C=C/c3cc(Cl)ccc3-n3cnnn3)n[nH]c2=O)cc1. The quantitative estimate of drug-likeness (QED) is 0.148. The van der Waals surface area contributed by atoms with E-state index in [0.717, 1.165) is 0 Å². The maximum atomic E-state index is 13.3. The third-order valence-corrected chi connectivity index (χ3v) is 7.93. The number of carbonyl (C=O) groups is 2. The second kappa shape index (κ2) is 14.2. The minimum Gasteiger partial charge on any atom is -0.610 e. The van der Waals surface area contributed by atoms with Crippen molar-refractivity contribution in [3.63, 3.8) is 0 Å². The third-order valence-electron chi connectivity index (χ3n) is 6.72. The van der Waals surface area contributed by atoms with Crippen LogP contribution in [0.4, 0.5) is 10.5 Å². The number of hydrogen-bond acceptors (Lipinski definition) is 10. The van der Waals surface area contributed by atoms with E-state index >= 15 is 0 Å². The Morgan fingerprint density at radius 1 is 1.17 bits per heavy atom. The van der Waals surface area contributed by atoms with Crippen molar-refractivity contribution in [2.45, 2.75) is 17.5 Å². The number of hydrogen-bond donors (Lipinski definition) is 3. The van der Waals surface area contributed by atoms with Gasteiger partial charge in [0.2, 0.25) is 10.9 Å². The smallest absolute Gasteiger partial charge is 0.411 e. The molecule has 2 atom stereocenters. The van der Waals surface area contributed by atoms with E-state index < -0.39 is 34.8 Å². The van der Waals surface area contributed by atoms with Gasteiger partial charge in [-0.15, -0.1) is 5.10 Å². The van der Waals surface area contributed by atoms with Crippen LogP contribution in [0.5, 0.6) is 0 Å². The molecule has 0 fully saturated rings. The monoisotopic (exact) mass is 662 g/mol. The molecule has 5 aromatic rings. The highest BCUT2D eigenvalue weighted by Crippen LogP contribution is 2.24. The summed E-state index contributed by atoms with van der Waals surface area (Å²) in [6.45, 7) is 0. The number of nitrogens with one attached hydrogen (secondary N) is 3. The molecule has 0 aliphatic carbocycles. The number of nitrogens with zero attached hydrogens (tertiary/aromatic N) is 7. The predicted octanol–water partition coefficient (Wildman–Crippen LogP) is 2.83. The molecule has 0 spiro atoms. The van der Waals surface area contributed by atoms with Gasteiger partial charge in [-0.3, -0.25) is 14.9 Å². The molecule has 3 heterocycles. The molecule has 0 saturated carbocycles. The van der Waals surface area contributed by atoms with Crippen molar-refractivity contribution in [2.75, 3.05) is 18.7 Å².